The molecule has 0 aliphatic carbocycles. The Bertz CT molecular complexity index is 339. The molecule has 2 heterocycles. The van der Waals surface area contributed by atoms with Crippen LogP contribution in [0.15, 0.2) is 6.07 Å². The van der Waals surface area contributed by atoms with E-state index in [1.165, 1.54) is 12.8 Å². The highest BCUT2D eigenvalue weighted by molar-refractivity contribution is 6.33. The molecule has 1 saturated heterocycles. The molecule has 4 nitrogen and oxygen atoms in total. The lowest BCUT2D eigenvalue weighted by Gasteiger charge is -2.12. The molecule has 2 rings (SSSR count). The molecular weight excluding hydrogens is 235 g/mol. The van der Waals surface area contributed by atoms with Crippen molar-refractivity contribution in [2.24, 2.45) is 0 Å². The van der Waals surface area contributed by atoms with Crippen LogP contribution in [-0.4, -0.2) is 29.3 Å². The van der Waals surface area contributed by atoms with Gasteiger partial charge in [0, 0.05) is 18.7 Å². The van der Waals surface area contributed by atoms with Crippen molar-refractivity contribution in [3.05, 3.63) is 16.4 Å². The second kappa shape index (κ2) is 4.96. The van der Waals surface area contributed by atoms with Gasteiger partial charge in [-0.15, -0.1) is 10.2 Å². The van der Waals surface area contributed by atoms with Crippen molar-refractivity contribution in [3.63, 3.8) is 0 Å². The Balaban J connectivity index is 1.94. The van der Waals surface area contributed by atoms with Gasteiger partial charge in [-0.3, -0.25) is 0 Å². The first-order valence-electron chi connectivity index (χ1n) is 4.91. The van der Waals surface area contributed by atoms with E-state index in [1.807, 2.05) is 0 Å². The molecule has 2 N–H and O–H groups in total. The zero-order chi connectivity index (χ0) is 10.7. The molecule has 0 radical (unpaired) electrons. The van der Waals surface area contributed by atoms with E-state index in [0.29, 0.717) is 16.3 Å². The van der Waals surface area contributed by atoms with Gasteiger partial charge in [-0.1, -0.05) is 23.2 Å². The van der Waals surface area contributed by atoms with Crippen LogP contribution in [0.3, 0.4) is 0 Å². The van der Waals surface area contributed by atoms with Crippen LogP contribution in [0, 0.1) is 0 Å². The number of rotatable bonds is 3. The van der Waals surface area contributed by atoms with Crippen LogP contribution in [0.4, 0.5) is 5.69 Å². The molecule has 6 heteroatoms. The second-order valence-corrected chi connectivity index (χ2v) is 4.29. The average molecular weight is 247 g/mol. The molecule has 1 aromatic rings. The summed E-state index contributed by atoms with van der Waals surface area (Å²) in [6.45, 7) is 1.93. The first-order chi connectivity index (χ1) is 7.25. The van der Waals surface area contributed by atoms with Gasteiger partial charge in [0.1, 0.15) is 0 Å². The Hall–Kier alpha value is -0.580. The normalized spacial score (nSPS) is 20.5. The van der Waals surface area contributed by atoms with E-state index in [1.54, 1.807) is 6.07 Å². The monoisotopic (exact) mass is 246 g/mol. The maximum absolute atomic E-state index is 5.87. The van der Waals surface area contributed by atoms with Crippen molar-refractivity contribution in [1.82, 2.24) is 15.5 Å². The Labute approximate surface area is 98.4 Å². The zero-order valence-electron chi connectivity index (χ0n) is 8.13. The van der Waals surface area contributed by atoms with Crippen molar-refractivity contribution >= 4 is 28.9 Å². The fraction of sp³-hybridized carbons (Fsp3) is 0.556. The van der Waals surface area contributed by atoms with Gasteiger partial charge in [-0.2, -0.15) is 0 Å². The molecule has 1 unspecified atom stereocenters. The molecule has 0 aromatic carbocycles. The minimum Gasteiger partial charge on any atom is -0.381 e. The standard InChI is InChI=1S/C9H12Cl2N4/c10-8-4-7(9(11)15-14-8)13-5-6-2-1-3-12-6/h4,6,12H,1-3,5H2,(H,13,14). The molecular formula is C9H12Cl2N4. The molecule has 1 aliphatic heterocycles. The van der Waals surface area contributed by atoms with Gasteiger partial charge in [0.25, 0.3) is 0 Å². The summed E-state index contributed by atoms with van der Waals surface area (Å²) in [5.74, 6) is 0. The van der Waals surface area contributed by atoms with Crippen molar-refractivity contribution in [1.29, 1.82) is 0 Å². The third kappa shape index (κ3) is 2.93. The van der Waals surface area contributed by atoms with Gasteiger partial charge in [0.15, 0.2) is 10.3 Å². The topological polar surface area (TPSA) is 49.8 Å². The van der Waals surface area contributed by atoms with Crippen molar-refractivity contribution < 1.29 is 0 Å². The van der Waals surface area contributed by atoms with Crippen LogP contribution in [0.25, 0.3) is 0 Å². The summed E-state index contributed by atoms with van der Waals surface area (Å²) in [6.07, 6.45) is 2.42. The summed E-state index contributed by atoms with van der Waals surface area (Å²) in [4.78, 5) is 0. The number of nitrogens with one attached hydrogen (secondary N) is 2. The van der Waals surface area contributed by atoms with Crippen LogP contribution in [0.1, 0.15) is 12.8 Å². The number of hydrogen-bond acceptors (Lipinski definition) is 4. The smallest absolute Gasteiger partial charge is 0.174 e. The maximum Gasteiger partial charge on any atom is 0.174 e. The fourth-order valence-corrected chi connectivity index (χ4v) is 1.95. The number of halogens is 2. The molecule has 0 saturated carbocycles. The Kier molecular flexibility index (Phi) is 3.61. The van der Waals surface area contributed by atoms with E-state index >= 15 is 0 Å². The van der Waals surface area contributed by atoms with Crippen molar-refractivity contribution in [2.75, 3.05) is 18.4 Å². The lowest BCUT2D eigenvalue weighted by Crippen LogP contribution is -2.29. The maximum atomic E-state index is 5.87. The largest absolute Gasteiger partial charge is 0.381 e. The number of hydrogen-bond donors (Lipinski definition) is 2. The van der Waals surface area contributed by atoms with Gasteiger partial charge < -0.3 is 10.6 Å². The predicted molar refractivity (Wildman–Crippen MR) is 61.6 cm³/mol. The molecule has 0 spiro atoms. The van der Waals surface area contributed by atoms with Crippen LogP contribution in [0.5, 0.6) is 0 Å². The highest BCUT2D eigenvalue weighted by Gasteiger charge is 2.14. The Morgan fingerprint density at radius 1 is 1.47 bits per heavy atom. The first-order valence-corrected chi connectivity index (χ1v) is 5.67. The van der Waals surface area contributed by atoms with Gasteiger partial charge in [-0.05, 0) is 19.4 Å². The van der Waals surface area contributed by atoms with Crippen LogP contribution >= 0.6 is 23.2 Å². The lowest BCUT2D eigenvalue weighted by atomic mass is 10.2. The highest BCUT2D eigenvalue weighted by Crippen LogP contribution is 2.21. The van der Waals surface area contributed by atoms with E-state index in [4.69, 9.17) is 23.2 Å². The second-order valence-electron chi connectivity index (χ2n) is 3.55. The summed E-state index contributed by atoms with van der Waals surface area (Å²) in [5, 5.41) is 14.7. The number of nitrogens with zero attached hydrogens (tertiary/aromatic N) is 2. The molecule has 0 amide bonds. The van der Waals surface area contributed by atoms with Crippen molar-refractivity contribution in [3.8, 4) is 0 Å². The van der Waals surface area contributed by atoms with E-state index in [-0.39, 0.29) is 0 Å². The predicted octanol–water partition coefficient (Wildman–Crippen LogP) is 1.95. The summed E-state index contributed by atoms with van der Waals surface area (Å²) in [6, 6.07) is 2.19. The third-order valence-corrected chi connectivity index (χ3v) is 2.88. The Morgan fingerprint density at radius 2 is 2.33 bits per heavy atom. The molecule has 15 heavy (non-hydrogen) atoms. The van der Waals surface area contributed by atoms with Gasteiger partial charge in [0.05, 0.1) is 5.69 Å². The molecule has 1 aromatic heterocycles. The third-order valence-electron chi connectivity index (χ3n) is 2.42. The van der Waals surface area contributed by atoms with E-state index in [0.717, 1.165) is 18.8 Å². The van der Waals surface area contributed by atoms with E-state index in [9.17, 15) is 0 Å². The van der Waals surface area contributed by atoms with Crippen LogP contribution in [0.2, 0.25) is 10.3 Å². The zero-order valence-corrected chi connectivity index (χ0v) is 9.65. The molecule has 82 valence electrons. The van der Waals surface area contributed by atoms with Crippen LogP contribution < -0.4 is 10.6 Å². The minimum absolute atomic E-state index is 0.348. The summed E-state index contributed by atoms with van der Waals surface area (Å²) in [7, 11) is 0. The SMILES string of the molecule is Clc1cc(NCC2CCCN2)c(Cl)nn1. The summed E-state index contributed by atoms with van der Waals surface area (Å²) < 4.78 is 0. The van der Waals surface area contributed by atoms with Gasteiger partial charge in [-0.25, -0.2) is 0 Å². The highest BCUT2D eigenvalue weighted by atomic mass is 35.5. The molecule has 0 bridgehead atoms. The van der Waals surface area contributed by atoms with E-state index < -0.39 is 0 Å². The Morgan fingerprint density at radius 3 is 3.07 bits per heavy atom. The average Bonchev–Trinajstić information content (AvgIpc) is 2.72. The quantitative estimate of drug-likeness (QED) is 0.857. The molecule has 1 fully saturated rings. The first kappa shape index (κ1) is 10.9. The minimum atomic E-state index is 0.348. The van der Waals surface area contributed by atoms with Crippen LogP contribution in [-0.2, 0) is 0 Å². The number of anilines is 1. The van der Waals surface area contributed by atoms with E-state index in [2.05, 4.69) is 20.8 Å². The number of aromatic nitrogens is 2. The fourth-order valence-electron chi connectivity index (χ4n) is 1.64. The molecule has 1 aliphatic rings. The van der Waals surface area contributed by atoms with Gasteiger partial charge >= 0.3 is 0 Å². The lowest BCUT2D eigenvalue weighted by molar-refractivity contribution is 0.633. The molecule has 1 atom stereocenters. The van der Waals surface area contributed by atoms with Gasteiger partial charge in [0.2, 0.25) is 0 Å². The summed E-state index contributed by atoms with van der Waals surface area (Å²) in [5.41, 5.74) is 0.741. The van der Waals surface area contributed by atoms with Crippen molar-refractivity contribution in [2.45, 2.75) is 18.9 Å². The summed E-state index contributed by atoms with van der Waals surface area (Å²) >= 11 is 11.6.